The largest absolute Gasteiger partial charge is 0.462 e. The van der Waals surface area contributed by atoms with Crippen molar-refractivity contribution in [2.45, 2.75) is 12.7 Å². The number of hydrogen-bond acceptors (Lipinski definition) is 6. The molecule has 0 N–H and O–H groups in total. The van der Waals surface area contributed by atoms with E-state index in [1.165, 1.54) is 6.08 Å². The first-order chi connectivity index (χ1) is 10.7. The minimum Gasteiger partial charge on any atom is -0.462 e. The van der Waals surface area contributed by atoms with Gasteiger partial charge in [0, 0.05) is 12.5 Å². The van der Waals surface area contributed by atoms with Gasteiger partial charge in [0.25, 0.3) is 0 Å². The van der Waals surface area contributed by atoms with Gasteiger partial charge in [-0.2, -0.15) is 0 Å². The highest BCUT2D eigenvalue weighted by Gasteiger charge is 2.18. The molecule has 22 heavy (non-hydrogen) atoms. The Morgan fingerprint density at radius 1 is 1.32 bits per heavy atom. The minimum atomic E-state index is -0.438. The van der Waals surface area contributed by atoms with Crippen LogP contribution in [0, 0.1) is 0 Å². The number of carbonyl (C=O) groups is 1. The minimum absolute atomic E-state index is 0.148. The number of benzene rings is 1. The molecular formula is C15H15ClO6. The summed E-state index contributed by atoms with van der Waals surface area (Å²) in [5.74, 6) is 0.654. The molecule has 1 fully saturated rings. The third kappa shape index (κ3) is 3.71. The van der Waals surface area contributed by atoms with Crippen molar-refractivity contribution < 1.29 is 28.5 Å². The summed E-state index contributed by atoms with van der Waals surface area (Å²) >= 11 is 6.06. The summed E-state index contributed by atoms with van der Waals surface area (Å²) in [7, 11) is 0. The SMILES string of the molecule is O=C(C=Cc1cc(Cl)c2c(c1)OCO2)OCCC1OCCO1. The lowest BCUT2D eigenvalue weighted by atomic mass is 10.2. The summed E-state index contributed by atoms with van der Waals surface area (Å²) in [6.07, 6.45) is 3.20. The molecule has 0 bridgehead atoms. The lowest BCUT2D eigenvalue weighted by molar-refractivity contribution is -0.140. The van der Waals surface area contributed by atoms with E-state index in [9.17, 15) is 4.79 Å². The Balaban J connectivity index is 1.50. The highest BCUT2D eigenvalue weighted by Crippen LogP contribution is 2.40. The van der Waals surface area contributed by atoms with E-state index < -0.39 is 5.97 Å². The second-order valence-electron chi connectivity index (χ2n) is 4.70. The molecule has 7 heteroatoms. The quantitative estimate of drug-likeness (QED) is 0.611. The van der Waals surface area contributed by atoms with Gasteiger partial charge in [0.1, 0.15) is 0 Å². The highest BCUT2D eigenvalue weighted by molar-refractivity contribution is 6.32. The zero-order chi connectivity index (χ0) is 15.4. The molecule has 118 valence electrons. The van der Waals surface area contributed by atoms with Gasteiger partial charge in [0.15, 0.2) is 17.8 Å². The van der Waals surface area contributed by atoms with E-state index in [1.54, 1.807) is 18.2 Å². The number of hydrogen-bond donors (Lipinski definition) is 0. The topological polar surface area (TPSA) is 63.2 Å². The lowest BCUT2D eigenvalue weighted by Crippen LogP contribution is -2.13. The van der Waals surface area contributed by atoms with E-state index in [2.05, 4.69) is 0 Å². The first-order valence-electron chi connectivity index (χ1n) is 6.89. The predicted molar refractivity (Wildman–Crippen MR) is 77.9 cm³/mol. The molecule has 1 aromatic rings. The molecule has 0 radical (unpaired) electrons. The van der Waals surface area contributed by atoms with Crippen LogP contribution in [0.2, 0.25) is 5.02 Å². The van der Waals surface area contributed by atoms with Crippen molar-refractivity contribution in [3.63, 3.8) is 0 Å². The Labute approximate surface area is 132 Å². The van der Waals surface area contributed by atoms with Crippen LogP contribution in [0.1, 0.15) is 12.0 Å². The lowest BCUT2D eigenvalue weighted by Gasteiger charge is -2.08. The molecule has 0 spiro atoms. The summed E-state index contributed by atoms with van der Waals surface area (Å²) in [5, 5.41) is 0.443. The van der Waals surface area contributed by atoms with Crippen LogP contribution in [-0.4, -0.2) is 38.9 Å². The van der Waals surface area contributed by atoms with Gasteiger partial charge in [-0.1, -0.05) is 11.6 Å². The Hall–Kier alpha value is -1.76. The maximum atomic E-state index is 11.6. The molecule has 6 nitrogen and oxygen atoms in total. The van der Waals surface area contributed by atoms with Crippen LogP contribution in [0.25, 0.3) is 6.08 Å². The first-order valence-corrected chi connectivity index (χ1v) is 7.27. The normalized spacial score (nSPS) is 17.3. The molecule has 0 aliphatic carbocycles. The van der Waals surface area contributed by atoms with Crippen molar-refractivity contribution in [2.24, 2.45) is 0 Å². The fourth-order valence-electron chi connectivity index (χ4n) is 2.13. The first kappa shape index (κ1) is 15.1. The molecule has 1 aromatic carbocycles. The van der Waals surface area contributed by atoms with Crippen LogP contribution in [0.5, 0.6) is 11.5 Å². The Bertz CT molecular complexity index is 580. The van der Waals surface area contributed by atoms with Crippen LogP contribution in [0.15, 0.2) is 18.2 Å². The molecule has 0 atom stereocenters. The van der Waals surface area contributed by atoms with E-state index in [0.29, 0.717) is 36.2 Å². The van der Waals surface area contributed by atoms with Crippen molar-refractivity contribution in [2.75, 3.05) is 26.6 Å². The number of ether oxygens (including phenoxy) is 5. The Morgan fingerprint density at radius 3 is 2.95 bits per heavy atom. The van der Waals surface area contributed by atoms with Gasteiger partial charge in [-0.25, -0.2) is 4.79 Å². The van der Waals surface area contributed by atoms with Crippen molar-refractivity contribution in [1.29, 1.82) is 0 Å². The van der Waals surface area contributed by atoms with E-state index in [4.69, 9.17) is 35.3 Å². The van der Waals surface area contributed by atoms with Crippen LogP contribution in [0.3, 0.4) is 0 Å². The molecule has 3 rings (SSSR count). The van der Waals surface area contributed by atoms with Gasteiger partial charge in [-0.15, -0.1) is 0 Å². The molecule has 2 aliphatic heterocycles. The van der Waals surface area contributed by atoms with Crippen molar-refractivity contribution in [3.8, 4) is 11.5 Å². The third-order valence-corrected chi connectivity index (χ3v) is 3.43. The van der Waals surface area contributed by atoms with Gasteiger partial charge in [-0.3, -0.25) is 0 Å². The number of carbonyl (C=O) groups excluding carboxylic acids is 1. The maximum absolute atomic E-state index is 11.6. The fourth-order valence-corrected chi connectivity index (χ4v) is 2.40. The van der Waals surface area contributed by atoms with Crippen LogP contribution in [0.4, 0.5) is 0 Å². The molecule has 2 heterocycles. The zero-order valence-electron chi connectivity index (χ0n) is 11.7. The van der Waals surface area contributed by atoms with E-state index in [-0.39, 0.29) is 19.7 Å². The molecule has 0 unspecified atom stereocenters. The molecule has 1 saturated heterocycles. The van der Waals surface area contributed by atoms with Crippen LogP contribution >= 0.6 is 11.6 Å². The Kier molecular flexibility index (Phi) is 4.82. The molecule has 0 aromatic heterocycles. The number of fused-ring (bicyclic) bond motifs is 1. The monoisotopic (exact) mass is 326 g/mol. The van der Waals surface area contributed by atoms with Crippen LogP contribution < -0.4 is 9.47 Å². The Morgan fingerprint density at radius 2 is 2.14 bits per heavy atom. The summed E-state index contributed by atoms with van der Waals surface area (Å²) < 4.78 is 26.1. The number of rotatable bonds is 5. The van der Waals surface area contributed by atoms with E-state index >= 15 is 0 Å². The summed E-state index contributed by atoms with van der Waals surface area (Å²) in [6.45, 7) is 1.57. The third-order valence-electron chi connectivity index (χ3n) is 3.15. The average Bonchev–Trinajstić information content (AvgIpc) is 3.16. The molecule has 0 saturated carbocycles. The van der Waals surface area contributed by atoms with Crippen molar-refractivity contribution >= 4 is 23.6 Å². The zero-order valence-corrected chi connectivity index (χ0v) is 12.5. The van der Waals surface area contributed by atoms with Crippen molar-refractivity contribution in [1.82, 2.24) is 0 Å². The van der Waals surface area contributed by atoms with Crippen molar-refractivity contribution in [3.05, 3.63) is 28.8 Å². The number of halogens is 1. The summed E-state index contributed by atoms with van der Waals surface area (Å²) in [6, 6.07) is 3.44. The second-order valence-corrected chi connectivity index (χ2v) is 5.10. The summed E-state index contributed by atoms with van der Waals surface area (Å²) in [4.78, 5) is 11.6. The van der Waals surface area contributed by atoms with Gasteiger partial charge in [0.05, 0.1) is 24.8 Å². The van der Waals surface area contributed by atoms with Gasteiger partial charge in [0.2, 0.25) is 6.79 Å². The van der Waals surface area contributed by atoms with Gasteiger partial charge < -0.3 is 23.7 Å². The average molecular weight is 327 g/mol. The van der Waals surface area contributed by atoms with Crippen LogP contribution in [-0.2, 0) is 19.0 Å². The van der Waals surface area contributed by atoms with Gasteiger partial charge in [-0.05, 0) is 23.8 Å². The molecule has 2 aliphatic rings. The second kappa shape index (κ2) is 7.00. The van der Waals surface area contributed by atoms with Gasteiger partial charge >= 0.3 is 5.97 Å². The maximum Gasteiger partial charge on any atom is 0.330 e. The predicted octanol–water partition coefficient (Wildman–Crippen LogP) is 2.39. The molecular weight excluding hydrogens is 312 g/mol. The standard InChI is InChI=1S/C15H15ClO6/c16-11-7-10(8-12-15(11)22-9-21-12)1-2-13(17)18-4-3-14-19-5-6-20-14/h1-2,7-8,14H,3-6,9H2. The summed E-state index contributed by atoms with van der Waals surface area (Å²) in [5.41, 5.74) is 0.730. The van der Waals surface area contributed by atoms with E-state index in [1.807, 2.05) is 0 Å². The fraction of sp³-hybridized carbons (Fsp3) is 0.400. The van der Waals surface area contributed by atoms with E-state index in [0.717, 1.165) is 5.56 Å². The highest BCUT2D eigenvalue weighted by atomic mass is 35.5. The molecule has 0 amide bonds. The number of esters is 1. The smallest absolute Gasteiger partial charge is 0.330 e.